The molecule has 1 fully saturated rings. The molecule has 5 nitrogen and oxygen atoms in total. The maximum absolute atomic E-state index is 12.0. The lowest BCUT2D eigenvalue weighted by Crippen LogP contribution is -2.39. The number of ether oxygens (including phenoxy) is 1. The van der Waals surface area contributed by atoms with E-state index < -0.39 is 0 Å². The van der Waals surface area contributed by atoms with Crippen LogP contribution in [0.4, 0.5) is 5.69 Å². The van der Waals surface area contributed by atoms with Gasteiger partial charge in [0, 0.05) is 12.2 Å². The summed E-state index contributed by atoms with van der Waals surface area (Å²) in [5, 5.41) is 2.86. The van der Waals surface area contributed by atoms with E-state index in [-0.39, 0.29) is 11.9 Å². The first kappa shape index (κ1) is 15.5. The van der Waals surface area contributed by atoms with Crippen molar-refractivity contribution in [3.05, 3.63) is 29.8 Å². The Labute approximate surface area is 125 Å². The highest BCUT2D eigenvalue weighted by atomic mass is 16.5. The first-order valence-electron chi connectivity index (χ1n) is 7.29. The Balaban J connectivity index is 1.86. The van der Waals surface area contributed by atoms with Crippen molar-refractivity contribution in [3.8, 4) is 0 Å². The molecule has 0 saturated carbocycles. The second-order valence-electron chi connectivity index (χ2n) is 5.60. The van der Waals surface area contributed by atoms with Crippen LogP contribution in [-0.2, 0) is 9.53 Å². The van der Waals surface area contributed by atoms with Crippen molar-refractivity contribution < 1.29 is 14.3 Å². The lowest BCUT2D eigenvalue weighted by Gasteiger charge is -2.30. The van der Waals surface area contributed by atoms with Crippen LogP contribution in [0.5, 0.6) is 0 Å². The number of carbonyl (C=O) groups excluding carboxylic acids is 2. The summed E-state index contributed by atoms with van der Waals surface area (Å²) in [6.45, 7) is 4.60. The van der Waals surface area contributed by atoms with E-state index in [9.17, 15) is 9.59 Å². The number of esters is 1. The zero-order valence-corrected chi connectivity index (χ0v) is 12.6. The summed E-state index contributed by atoms with van der Waals surface area (Å²) in [4.78, 5) is 25.5. The zero-order chi connectivity index (χ0) is 15.2. The topological polar surface area (TPSA) is 58.6 Å². The first-order chi connectivity index (χ1) is 10.1. The fourth-order valence-corrected chi connectivity index (χ4v) is 2.64. The average Bonchev–Trinajstić information content (AvgIpc) is 2.47. The van der Waals surface area contributed by atoms with Crippen molar-refractivity contribution in [3.63, 3.8) is 0 Å². The molecule has 5 heteroatoms. The number of nitrogens with zero attached hydrogens (tertiary/aromatic N) is 1. The zero-order valence-electron chi connectivity index (χ0n) is 12.6. The normalized spacial score (nSPS) is 19.0. The largest absolute Gasteiger partial charge is 0.465 e. The van der Waals surface area contributed by atoms with E-state index in [1.165, 1.54) is 13.5 Å². The molecule has 2 rings (SSSR count). The summed E-state index contributed by atoms with van der Waals surface area (Å²) in [6.07, 6.45) is 2.40. The Bertz CT molecular complexity index is 499. The van der Waals surface area contributed by atoms with Crippen LogP contribution in [0.3, 0.4) is 0 Å². The van der Waals surface area contributed by atoms with Gasteiger partial charge in [0.1, 0.15) is 0 Å². The Morgan fingerprint density at radius 1 is 1.33 bits per heavy atom. The van der Waals surface area contributed by atoms with Crippen LogP contribution >= 0.6 is 0 Å². The third-order valence-electron chi connectivity index (χ3n) is 3.70. The fourth-order valence-electron chi connectivity index (χ4n) is 2.64. The molecule has 0 aliphatic carbocycles. The summed E-state index contributed by atoms with van der Waals surface area (Å²) in [5.41, 5.74) is 1.16. The summed E-state index contributed by atoms with van der Waals surface area (Å²) < 4.78 is 4.63. The molecule has 1 unspecified atom stereocenters. The minimum absolute atomic E-state index is 0.0186. The molecule has 0 aromatic heterocycles. The standard InChI is InChI=1S/C16H22N2O3/c1-12-4-3-9-18(10-12)11-15(19)17-14-7-5-13(6-8-14)16(20)21-2/h5-8,12H,3-4,9-11H2,1-2H3,(H,17,19). The Hall–Kier alpha value is -1.88. The third kappa shape index (κ3) is 4.56. The summed E-state index contributed by atoms with van der Waals surface area (Å²) in [5.74, 6) is 0.260. The van der Waals surface area contributed by atoms with Gasteiger partial charge < -0.3 is 10.1 Å². The molecule has 1 amide bonds. The van der Waals surface area contributed by atoms with Crippen molar-refractivity contribution in [1.82, 2.24) is 4.90 Å². The summed E-state index contributed by atoms with van der Waals surface area (Å²) >= 11 is 0. The van der Waals surface area contributed by atoms with Crippen LogP contribution in [0.1, 0.15) is 30.1 Å². The maximum atomic E-state index is 12.0. The van der Waals surface area contributed by atoms with Gasteiger partial charge in [-0.25, -0.2) is 4.79 Å². The predicted molar refractivity (Wildman–Crippen MR) is 81.2 cm³/mol. The van der Waals surface area contributed by atoms with E-state index >= 15 is 0 Å². The SMILES string of the molecule is COC(=O)c1ccc(NC(=O)CN2CCCC(C)C2)cc1. The molecule has 0 radical (unpaired) electrons. The molecule has 1 heterocycles. The van der Waals surface area contributed by atoms with E-state index in [4.69, 9.17) is 0 Å². The quantitative estimate of drug-likeness (QED) is 0.863. The van der Waals surface area contributed by atoms with Crippen molar-refractivity contribution in [2.45, 2.75) is 19.8 Å². The number of carbonyl (C=O) groups is 2. The van der Waals surface area contributed by atoms with Crippen molar-refractivity contribution in [2.24, 2.45) is 5.92 Å². The van der Waals surface area contributed by atoms with Gasteiger partial charge in [0.05, 0.1) is 19.2 Å². The van der Waals surface area contributed by atoms with Crippen molar-refractivity contribution in [2.75, 3.05) is 32.1 Å². The van der Waals surface area contributed by atoms with Gasteiger partial charge in [-0.3, -0.25) is 9.69 Å². The van der Waals surface area contributed by atoms with Gasteiger partial charge in [0.15, 0.2) is 0 Å². The van der Waals surface area contributed by atoms with Crippen molar-refractivity contribution in [1.29, 1.82) is 0 Å². The number of benzene rings is 1. The highest BCUT2D eigenvalue weighted by Crippen LogP contribution is 2.15. The molecule has 114 valence electrons. The molecule has 1 aromatic carbocycles. The highest BCUT2D eigenvalue weighted by Gasteiger charge is 2.18. The number of rotatable bonds is 4. The first-order valence-corrected chi connectivity index (χ1v) is 7.29. The Morgan fingerprint density at radius 3 is 2.67 bits per heavy atom. The summed E-state index contributed by atoms with van der Waals surface area (Å²) in [6, 6.07) is 6.71. The van der Waals surface area contributed by atoms with E-state index in [1.54, 1.807) is 24.3 Å². The second kappa shape index (κ2) is 7.22. The van der Waals surface area contributed by atoms with Crippen LogP contribution in [0, 0.1) is 5.92 Å². The number of nitrogens with one attached hydrogen (secondary N) is 1. The number of likely N-dealkylation sites (tertiary alicyclic amines) is 1. The maximum Gasteiger partial charge on any atom is 0.337 e. The Morgan fingerprint density at radius 2 is 2.05 bits per heavy atom. The molecule has 1 atom stereocenters. The minimum Gasteiger partial charge on any atom is -0.465 e. The van der Waals surface area contributed by atoms with Crippen LogP contribution in [0.25, 0.3) is 0 Å². The smallest absolute Gasteiger partial charge is 0.337 e. The van der Waals surface area contributed by atoms with E-state index in [2.05, 4.69) is 21.9 Å². The molecule has 1 N–H and O–H groups in total. The van der Waals surface area contributed by atoms with Gasteiger partial charge in [-0.15, -0.1) is 0 Å². The number of amides is 1. The van der Waals surface area contributed by atoms with Gasteiger partial charge in [-0.05, 0) is 49.6 Å². The van der Waals surface area contributed by atoms with E-state index in [0.29, 0.717) is 23.7 Å². The molecule has 21 heavy (non-hydrogen) atoms. The second-order valence-corrected chi connectivity index (χ2v) is 5.60. The van der Waals surface area contributed by atoms with Gasteiger partial charge in [-0.1, -0.05) is 6.92 Å². The number of anilines is 1. The molecular weight excluding hydrogens is 268 g/mol. The number of hydrogen-bond acceptors (Lipinski definition) is 4. The number of methoxy groups -OCH3 is 1. The molecular formula is C16H22N2O3. The monoisotopic (exact) mass is 290 g/mol. The molecule has 0 spiro atoms. The van der Waals surface area contributed by atoms with Gasteiger partial charge in [0.2, 0.25) is 5.91 Å². The minimum atomic E-state index is -0.379. The third-order valence-corrected chi connectivity index (χ3v) is 3.70. The fraction of sp³-hybridized carbons (Fsp3) is 0.500. The summed E-state index contributed by atoms with van der Waals surface area (Å²) in [7, 11) is 1.34. The molecule has 0 bridgehead atoms. The number of hydrogen-bond donors (Lipinski definition) is 1. The molecule has 1 aromatic rings. The molecule has 1 aliphatic rings. The van der Waals surface area contributed by atoms with E-state index in [1.807, 2.05) is 0 Å². The molecule has 1 aliphatic heterocycles. The van der Waals surface area contributed by atoms with Gasteiger partial charge >= 0.3 is 5.97 Å². The van der Waals surface area contributed by atoms with Crippen LogP contribution in [0.15, 0.2) is 24.3 Å². The predicted octanol–water partition coefficient (Wildman–Crippen LogP) is 2.14. The lowest BCUT2D eigenvalue weighted by molar-refractivity contribution is -0.117. The highest BCUT2D eigenvalue weighted by molar-refractivity contribution is 5.93. The van der Waals surface area contributed by atoms with Gasteiger partial charge in [-0.2, -0.15) is 0 Å². The van der Waals surface area contributed by atoms with Gasteiger partial charge in [0.25, 0.3) is 0 Å². The molecule has 1 saturated heterocycles. The van der Waals surface area contributed by atoms with E-state index in [0.717, 1.165) is 19.5 Å². The van der Waals surface area contributed by atoms with Crippen LogP contribution < -0.4 is 5.32 Å². The number of piperidine rings is 1. The van der Waals surface area contributed by atoms with Crippen molar-refractivity contribution >= 4 is 17.6 Å². The van der Waals surface area contributed by atoms with Crippen LogP contribution in [-0.4, -0.2) is 43.5 Å². The average molecular weight is 290 g/mol. The lowest BCUT2D eigenvalue weighted by atomic mass is 10.0. The Kier molecular flexibility index (Phi) is 5.33. The van der Waals surface area contributed by atoms with Crippen LogP contribution in [0.2, 0.25) is 0 Å².